The number of amides is 1. The van der Waals surface area contributed by atoms with Crippen molar-refractivity contribution in [1.29, 1.82) is 0 Å². The molecule has 1 atom stereocenters. The van der Waals surface area contributed by atoms with Crippen molar-refractivity contribution in [3.8, 4) is 0 Å². The van der Waals surface area contributed by atoms with Crippen LogP contribution < -0.4 is 10.6 Å². The number of fused-ring (bicyclic) bond motifs is 2. The molecule has 1 aliphatic heterocycles. The molecule has 1 aliphatic carbocycles. The van der Waals surface area contributed by atoms with Gasteiger partial charge in [0.05, 0.1) is 11.1 Å². The number of ether oxygens (including phenoxy) is 1. The Kier molecular flexibility index (Phi) is 7.12. The number of anilines is 2. The van der Waals surface area contributed by atoms with Gasteiger partial charge in [0.15, 0.2) is 11.6 Å². The average Bonchev–Trinajstić information content (AvgIpc) is 2.80. The van der Waals surface area contributed by atoms with E-state index >= 15 is 0 Å². The van der Waals surface area contributed by atoms with E-state index in [0.717, 1.165) is 12.0 Å². The van der Waals surface area contributed by atoms with E-state index in [-0.39, 0.29) is 44.6 Å². The summed E-state index contributed by atoms with van der Waals surface area (Å²) < 4.78 is 31.5. The molecule has 0 bridgehead atoms. The molecule has 0 unspecified atom stereocenters. The molecule has 0 spiro atoms. The molecule has 1 amide bonds. The molecule has 4 rings (SSSR count). The van der Waals surface area contributed by atoms with Crippen molar-refractivity contribution in [3.05, 3.63) is 59.2 Å². The first kappa shape index (κ1) is 28.7. The number of carbonyl (C=O) groups is 2. The van der Waals surface area contributed by atoms with Crippen molar-refractivity contribution in [1.82, 2.24) is 0 Å². The third kappa shape index (κ3) is 5.83. The van der Waals surface area contributed by atoms with Gasteiger partial charge < -0.3 is 15.2 Å². The van der Waals surface area contributed by atoms with E-state index in [1.54, 1.807) is 45.0 Å². The number of carbonyl (C=O) groups excluding carboxylic acids is 2. The van der Waals surface area contributed by atoms with Crippen molar-refractivity contribution < 1.29 is 28.5 Å². The van der Waals surface area contributed by atoms with Gasteiger partial charge in [-0.1, -0.05) is 55.8 Å². The summed E-state index contributed by atoms with van der Waals surface area (Å²) in [5, 5.41) is 16.9. The van der Waals surface area contributed by atoms with Crippen molar-refractivity contribution in [2.75, 3.05) is 10.6 Å². The van der Waals surface area contributed by atoms with Crippen LogP contribution in [-0.4, -0.2) is 37.5 Å². The van der Waals surface area contributed by atoms with Gasteiger partial charge in [0.25, 0.3) is 0 Å². The minimum absolute atomic E-state index is 0.0261. The fourth-order valence-corrected chi connectivity index (χ4v) is 5.88. The van der Waals surface area contributed by atoms with E-state index in [1.807, 2.05) is 19.1 Å². The molecular weight excluding hydrogens is 518 g/mol. The Morgan fingerprint density at radius 2 is 1.77 bits per heavy atom. The number of nitrogens with zero attached hydrogens (tertiary/aromatic N) is 1. The Balaban J connectivity index is 1.73. The summed E-state index contributed by atoms with van der Waals surface area (Å²) in [5.41, 5.74) is 0.0214. The lowest BCUT2D eigenvalue weighted by molar-refractivity contribution is -0.120. The third-order valence-electron chi connectivity index (χ3n) is 6.75. The highest BCUT2D eigenvalue weighted by Gasteiger charge is 2.47. The van der Waals surface area contributed by atoms with Crippen LogP contribution >= 0.6 is 10.8 Å². The summed E-state index contributed by atoms with van der Waals surface area (Å²) >= 11 is 0. The fourth-order valence-electron chi connectivity index (χ4n) is 4.69. The minimum atomic E-state index is -3.80. The number of hydrogen-bond donors (Lipinski definition) is 5. The number of hydrogen-bond acceptors (Lipinski definition) is 8. The van der Waals surface area contributed by atoms with Crippen LogP contribution in [0.4, 0.5) is 16.2 Å². The van der Waals surface area contributed by atoms with Crippen LogP contribution in [0, 0.1) is 5.41 Å². The molecule has 210 valence electrons. The number of ketones is 1. The van der Waals surface area contributed by atoms with Gasteiger partial charge in [-0.15, -0.1) is 4.40 Å². The summed E-state index contributed by atoms with van der Waals surface area (Å²) in [6.45, 7) is 13.4. The molecule has 10 heteroatoms. The average molecular weight is 556 g/mol. The number of amidine groups is 1. The van der Waals surface area contributed by atoms with E-state index < -0.39 is 27.9 Å². The van der Waals surface area contributed by atoms with Crippen molar-refractivity contribution >= 4 is 45.6 Å². The highest BCUT2D eigenvalue weighted by Crippen LogP contribution is 2.57. The summed E-state index contributed by atoms with van der Waals surface area (Å²) in [4.78, 5) is 26.3. The van der Waals surface area contributed by atoms with Crippen LogP contribution in [0.1, 0.15) is 72.4 Å². The first-order valence-corrected chi connectivity index (χ1v) is 14.3. The van der Waals surface area contributed by atoms with Crippen molar-refractivity contribution in [3.63, 3.8) is 0 Å². The monoisotopic (exact) mass is 555 g/mol. The number of Topliss-reactive ketones (excluding diaryl/α,β-unsaturated/α-hetero) is 1. The Hall–Kier alpha value is -3.34. The summed E-state index contributed by atoms with van der Waals surface area (Å²) in [7, 11) is -3.80. The molecule has 0 saturated heterocycles. The standard InChI is InChI=1S/C29H37N3O6S/c1-27(2,3)14-15-29(7)19-11-9-8-10-18(19)23(33)22(24(29)34)25-31-20-13-12-17(16-21(20)39(36,37)32-25)30-26(35)38-28(4,5)6/h8-13,16,33,36-37H,14-15H2,1-7H3,(H,30,35)(H,31,32)/t29-/m0/s1. The molecule has 2 aromatic rings. The van der Waals surface area contributed by atoms with E-state index in [2.05, 4.69) is 35.8 Å². The van der Waals surface area contributed by atoms with Crippen LogP contribution in [0.2, 0.25) is 0 Å². The lowest BCUT2D eigenvalue weighted by atomic mass is 9.65. The number of rotatable bonds is 4. The molecule has 5 N–H and O–H groups in total. The lowest BCUT2D eigenvalue weighted by Gasteiger charge is -2.39. The van der Waals surface area contributed by atoms with E-state index in [4.69, 9.17) is 4.74 Å². The maximum Gasteiger partial charge on any atom is 0.412 e. The van der Waals surface area contributed by atoms with Gasteiger partial charge in [-0.2, -0.15) is 0 Å². The van der Waals surface area contributed by atoms with Gasteiger partial charge in [-0.3, -0.25) is 19.2 Å². The Morgan fingerprint density at radius 3 is 2.41 bits per heavy atom. The molecule has 0 fully saturated rings. The Bertz CT molecular complexity index is 1400. The van der Waals surface area contributed by atoms with Crippen LogP contribution in [0.3, 0.4) is 0 Å². The second-order valence-electron chi connectivity index (χ2n) is 12.4. The van der Waals surface area contributed by atoms with Gasteiger partial charge in [0.1, 0.15) is 21.8 Å². The molecule has 1 heterocycles. The van der Waals surface area contributed by atoms with Crippen molar-refractivity contribution in [2.24, 2.45) is 9.81 Å². The number of nitrogens with one attached hydrogen (secondary N) is 2. The lowest BCUT2D eigenvalue weighted by Crippen LogP contribution is -2.42. The second-order valence-corrected chi connectivity index (χ2v) is 14.1. The van der Waals surface area contributed by atoms with Gasteiger partial charge in [-0.25, -0.2) is 4.79 Å². The van der Waals surface area contributed by atoms with Gasteiger partial charge in [0.2, 0.25) is 0 Å². The van der Waals surface area contributed by atoms with Gasteiger partial charge in [-0.05, 0) is 69.7 Å². The predicted molar refractivity (Wildman–Crippen MR) is 156 cm³/mol. The third-order valence-corrected chi connectivity index (χ3v) is 8.11. The molecule has 0 radical (unpaired) electrons. The summed E-state index contributed by atoms with van der Waals surface area (Å²) in [6, 6.07) is 11.7. The Morgan fingerprint density at radius 1 is 1.10 bits per heavy atom. The maximum atomic E-state index is 14.1. The van der Waals surface area contributed by atoms with Crippen LogP contribution in [-0.2, 0) is 14.9 Å². The zero-order valence-electron chi connectivity index (χ0n) is 23.4. The highest BCUT2D eigenvalue weighted by atomic mass is 32.3. The van der Waals surface area contributed by atoms with Crippen molar-refractivity contribution in [2.45, 2.75) is 77.2 Å². The molecule has 2 aliphatic rings. The Labute approximate surface area is 230 Å². The van der Waals surface area contributed by atoms with Crippen LogP contribution in [0.25, 0.3) is 5.76 Å². The highest BCUT2D eigenvalue weighted by molar-refractivity contribution is 8.23. The molecule has 0 saturated carbocycles. The maximum absolute atomic E-state index is 14.1. The first-order valence-electron chi connectivity index (χ1n) is 12.8. The van der Waals surface area contributed by atoms with Crippen LogP contribution in [0.15, 0.2) is 57.3 Å². The predicted octanol–water partition coefficient (Wildman–Crippen LogP) is 7.52. The van der Waals surface area contributed by atoms with E-state index in [9.17, 15) is 23.8 Å². The molecular formula is C29H37N3O6S. The summed E-state index contributed by atoms with van der Waals surface area (Å²) in [6.07, 6.45) is 0.592. The van der Waals surface area contributed by atoms with Gasteiger partial charge >= 0.3 is 6.09 Å². The number of aliphatic hydroxyl groups is 1. The molecule has 2 aromatic carbocycles. The minimum Gasteiger partial charge on any atom is -0.506 e. The zero-order chi connectivity index (χ0) is 29.0. The zero-order valence-corrected chi connectivity index (χ0v) is 24.2. The largest absolute Gasteiger partial charge is 0.506 e. The molecule has 9 nitrogen and oxygen atoms in total. The summed E-state index contributed by atoms with van der Waals surface area (Å²) in [5.74, 6) is -0.734. The van der Waals surface area contributed by atoms with E-state index in [1.165, 1.54) is 6.07 Å². The van der Waals surface area contributed by atoms with Gasteiger partial charge in [0, 0.05) is 11.3 Å². The number of benzene rings is 2. The first-order chi connectivity index (χ1) is 17.9. The molecule has 0 aromatic heterocycles. The normalized spacial score (nSPS) is 21.3. The quantitative estimate of drug-likeness (QED) is 0.263. The smallest absolute Gasteiger partial charge is 0.412 e. The SMILES string of the molecule is CC(C)(C)CC[C@]1(C)C(=O)C(C2=NS(O)(O)c3cc(NC(=O)OC(C)(C)C)ccc3N2)=C(O)c2ccccc21. The number of aliphatic hydroxyl groups excluding tert-OH is 1. The fraction of sp³-hybridized carbons (Fsp3) is 0.414. The van der Waals surface area contributed by atoms with E-state index in [0.29, 0.717) is 12.0 Å². The van der Waals surface area contributed by atoms with Crippen LogP contribution in [0.5, 0.6) is 0 Å². The second kappa shape index (κ2) is 9.69. The molecule has 39 heavy (non-hydrogen) atoms. The topological polar surface area (TPSA) is 140 Å².